The zero-order chi connectivity index (χ0) is 13.8. The van der Waals surface area contributed by atoms with Gasteiger partial charge in [0.05, 0.1) is 12.0 Å². The number of nitrogens with one attached hydrogen (secondary N) is 2. The molecule has 1 rings (SSSR count). The number of aliphatic carboxylic acids is 1. The maximum absolute atomic E-state index is 11.4. The lowest BCUT2D eigenvalue weighted by atomic mass is 9.78. The minimum Gasteiger partial charge on any atom is -0.481 e. The van der Waals surface area contributed by atoms with E-state index < -0.39 is 17.6 Å². The van der Waals surface area contributed by atoms with E-state index in [-0.39, 0.29) is 24.9 Å². The maximum atomic E-state index is 11.4. The molecule has 18 heavy (non-hydrogen) atoms. The highest BCUT2D eigenvalue weighted by Crippen LogP contribution is 2.45. The monoisotopic (exact) mass is 258 g/mol. The summed E-state index contributed by atoms with van der Waals surface area (Å²) in [5.74, 6) is -0.953. The van der Waals surface area contributed by atoms with Gasteiger partial charge in [0, 0.05) is 13.1 Å². The van der Waals surface area contributed by atoms with Gasteiger partial charge in [0.25, 0.3) is 0 Å². The van der Waals surface area contributed by atoms with Crippen molar-refractivity contribution in [3.63, 3.8) is 0 Å². The molecule has 1 fully saturated rings. The number of amides is 2. The van der Waals surface area contributed by atoms with Gasteiger partial charge in [0.15, 0.2) is 0 Å². The summed E-state index contributed by atoms with van der Waals surface area (Å²) in [6, 6.07) is -0.438. The number of urea groups is 1. The molecule has 0 aromatic heterocycles. The number of carboxylic acid groups (broad SMARTS) is 1. The maximum Gasteiger partial charge on any atom is 0.314 e. The average Bonchev–Trinajstić information content (AvgIpc) is 2.51. The molecule has 0 saturated heterocycles. The predicted molar refractivity (Wildman–Crippen MR) is 66.2 cm³/mol. The first-order chi connectivity index (χ1) is 8.27. The summed E-state index contributed by atoms with van der Waals surface area (Å²) >= 11 is 0. The van der Waals surface area contributed by atoms with Crippen LogP contribution in [0.1, 0.15) is 39.5 Å². The van der Waals surface area contributed by atoms with Gasteiger partial charge in [0.2, 0.25) is 0 Å². The highest BCUT2D eigenvalue weighted by atomic mass is 16.4. The average molecular weight is 258 g/mol. The molecule has 0 aliphatic heterocycles. The van der Waals surface area contributed by atoms with Crippen LogP contribution in [0.2, 0.25) is 0 Å². The molecule has 1 aliphatic carbocycles. The van der Waals surface area contributed by atoms with Crippen LogP contribution in [-0.4, -0.2) is 40.9 Å². The van der Waals surface area contributed by atoms with Crippen molar-refractivity contribution < 1.29 is 19.8 Å². The lowest BCUT2D eigenvalue weighted by Gasteiger charge is -2.36. The molecule has 6 heteroatoms. The van der Waals surface area contributed by atoms with Gasteiger partial charge < -0.3 is 20.8 Å². The SMILES string of the molecule is CC1(C)CCCC1(O)CNC(=O)NCCC(=O)O. The van der Waals surface area contributed by atoms with E-state index in [1.54, 1.807) is 0 Å². The van der Waals surface area contributed by atoms with Gasteiger partial charge in [-0.05, 0) is 24.7 Å². The third-order valence-corrected chi connectivity index (χ3v) is 3.82. The Morgan fingerprint density at radius 1 is 1.22 bits per heavy atom. The number of carbonyl (C=O) groups is 2. The third kappa shape index (κ3) is 3.60. The van der Waals surface area contributed by atoms with Gasteiger partial charge in [-0.1, -0.05) is 13.8 Å². The van der Waals surface area contributed by atoms with Gasteiger partial charge in [-0.25, -0.2) is 4.79 Å². The lowest BCUT2D eigenvalue weighted by molar-refractivity contribution is -0.136. The molecule has 1 aliphatic rings. The van der Waals surface area contributed by atoms with Crippen molar-refractivity contribution in [1.82, 2.24) is 10.6 Å². The Kier molecular flexibility index (Phi) is 4.56. The van der Waals surface area contributed by atoms with E-state index in [4.69, 9.17) is 5.11 Å². The standard InChI is InChI=1S/C12H22N2O4/c1-11(2)5-3-6-12(11,18)8-14-10(17)13-7-4-9(15)16/h18H,3-8H2,1-2H3,(H,15,16)(H2,13,14,17). The van der Waals surface area contributed by atoms with Crippen LogP contribution in [0, 0.1) is 5.41 Å². The Hall–Kier alpha value is -1.30. The van der Waals surface area contributed by atoms with Crippen LogP contribution >= 0.6 is 0 Å². The summed E-state index contributed by atoms with van der Waals surface area (Å²) in [5.41, 5.74) is -1.08. The van der Waals surface area contributed by atoms with Gasteiger partial charge in [0.1, 0.15) is 0 Å². The quantitative estimate of drug-likeness (QED) is 0.583. The Balaban J connectivity index is 2.32. The first kappa shape index (κ1) is 14.8. The van der Waals surface area contributed by atoms with Crippen LogP contribution in [0.5, 0.6) is 0 Å². The molecule has 0 spiro atoms. The van der Waals surface area contributed by atoms with E-state index in [1.807, 2.05) is 13.8 Å². The fourth-order valence-electron chi connectivity index (χ4n) is 2.29. The molecule has 2 amide bonds. The number of carboxylic acids is 1. The molecule has 0 bridgehead atoms. The van der Waals surface area contributed by atoms with Crippen molar-refractivity contribution in [2.24, 2.45) is 5.41 Å². The molecule has 0 aromatic carbocycles. The molecule has 4 N–H and O–H groups in total. The smallest absolute Gasteiger partial charge is 0.314 e. The second kappa shape index (κ2) is 5.56. The van der Waals surface area contributed by atoms with Crippen molar-refractivity contribution >= 4 is 12.0 Å². The summed E-state index contributed by atoms with van der Waals surface area (Å²) in [5, 5.41) is 23.9. The molecule has 1 saturated carbocycles. The van der Waals surface area contributed by atoms with Crippen LogP contribution in [-0.2, 0) is 4.79 Å². The molecule has 0 radical (unpaired) electrons. The van der Waals surface area contributed by atoms with Crippen LogP contribution < -0.4 is 10.6 Å². The first-order valence-corrected chi connectivity index (χ1v) is 6.23. The number of carbonyl (C=O) groups excluding carboxylic acids is 1. The summed E-state index contributed by atoms with van der Waals surface area (Å²) < 4.78 is 0. The van der Waals surface area contributed by atoms with E-state index in [0.29, 0.717) is 6.42 Å². The molecule has 0 aromatic rings. The van der Waals surface area contributed by atoms with Crippen molar-refractivity contribution in [3.05, 3.63) is 0 Å². The molecular weight excluding hydrogens is 236 g/mol. The second-order valence-corrected chi connectivity index (χ2v) is 5.52. The van der Waals surface area contributed by atoms with Crippen LogP contribution in [0.3, 0.4) is 0 Å². The van der Waals surface area contributed by atoms with Crippen molar-refractivity contribution in [3.8, 4) is 0 Å². The van der Waals surface area contributed by atoms with E-state index in [1.165, 1.54) is 0 Å². The van der Waals surface area contributed by atoms with E-state index in [9.17, 15) is 14.7 Å². The molecule has 6 nitrogen and oxygen atoms in total. The number of aliphatic hydroxyl groups is 1. The number of hydrogen-bond acceptors (Lipinski definition) is 3. The molecule has 104 valence electrons. The summed E-state index contributed by atoms with van der Waals surface area (Å²) in [4.78, 5) is 21.7. The Morgan fingerprint density at radius 3 is 2.39 bits per heavy atom. The Morgan fingerprint density at radius 2 is 1.89 bits per heavy atom. The summed E-state index contributed by atoms with van der Waals surface area (Å²) in [7, 11) is 0. The van der Waals surface area contributed by atoms with E-state index in [2.05, 4.69) is 10.6 Å². The summed E-state index contributed by atoms with van der Waals surface area (Å²) in [6.45, 7) is 4.26. The highest BCUT2D eigenvalue weighted by Gasteiger charge is 2.47. The van der Waals surface area contributed by atoms with E-state index in [0.717, 1.165) is 12.8 Å². The van der Waals surface area contributed by atoms with E-state index >= 15 is 0 Å². The predicted octanol–water partition coefficient (Wildman–Crippen LogP) is 0.701. The minimum atomic E-state index is -0.953. The third-order valence-electron chi connectivity index (χ3n) is 3.82. The van der Waals surface area contributed by atoms with Crippen LogP contribution in [0.15, 0.2) is 0 Å². The fourth-order valence-corrected chi connectivity index (χ4v) is 2.29. The zero-order valence-electron chi connectivity index (χ0n) is 11.0. The van der Waals surface area contributed by atoms with Crippen molar-refractivity contribution in [2.75, 3.05) is 13.1 Å². The normalized spacial score (nSPS) is 25.7. The summed E-state index contributed by atoms with van der Waals surface area (Å²) in [6.07, 6.45) is 2.45. The second-order valence-electron chi connectivity index (χ2n) is 5.52. The zero-order valence-corrected chi connectivity index (χ0v) is 11.0. The minimum absolute atomic E-state index is 0.0863. The topological polar surface area (TPSA) is 98.7 Å². The molecule has 1 atom stereocenters. The van der Waals surface area contributed by atoms with Gasteiger partial charge in [-0.2, -0.15) is 0 Å². The van der Waals surface area contributed by atoms with Gasteiger partial charge in [-0.15, -0.1) is 0 Å². The van der Waals surface area contributed by atoms with Gasteiger partial charge in [-0.3, -0.25) is 4.79 Å². The van der Waals surface area contributed by atoms with Crippen molar-refractivity contribution in [1.29, 1.82) is 0 Å². The van der Waals surface area contributed by atoms with Crippen molar-refractivity contribution in [2.45, 2.75) is 45.1 Å². The van der Waals surface area contributed by atoms with Crippen LogP contribution in [0.25, 0.3) is 0 Å². The number of rotatable bonds is 5. The number of hydrogen-bond donors (Lipinski definition) is 4. The van der Waals surface area contributed by atoms with Crippen LogP contribution in [0.4, 0.5) is 4.79 Å². The molecular formula is C12H22N2O4. The Labute approximate surface area is 107 Å². The van der Waals surface area contributed by atoms with Gasteiger partial charge >= 0.3 is 12.0 Å². The lowest BCUT2D eigenvalue weighted by Crippen LogP contribution is -2.51. The molecule has 1 unspecified atom stereocenters. The fraction of sp³-hybridized carbons (Fsp3) is 0.833. The highest BCUT2D eigenvalue weighted by molar-refractivity contribution is 5.75. The Bertz CT molecular complexity index is 330. The first-order valence-electron chi connectivity index (χ1n) is 6.23. The largest absolute Gasteiger partial charge is 0.481 e. The molecule has 0 heterocycles.